The lowest BCUT2D eigenvalue weighted by molar-refractivity contribution is -0.115. The maximum atomic E-state index is 11.8. The molecule has 0 bridgehead atoms. The Balaban J connectivity index is 1.77. The Labute approximate surface area is 131 Å². The van der Waals surface area contributed by atoms with Crippen LogP contribution in [0.15, 0.2) is 24.3 Å². The summed E-state index contributed by atoms with van der Waals surface area (Å²) in [4.78, 5) is 25.4. The van der Waals surface area contributed by atoms with Gasteiger partial charge in [0, 0.05) is 30.5 Å². The Morgan fingerprint density at radius 2 is 1.77 bits per heavy atom. The third-order valence-electron chi connectivity index (χ3n) is 3.60. The Morgan fingerprint density at radius 3 is 2.32 bits per heavy atom. The molecule has 6 nitrogen and oxygen atoms in total. The van der Waals surface area contributed by atoms with E-state index >= 15 is 0 Å². The van der Waals surface area contributed by atoms with Crippen molar-refractivity contribution in [3.63, 3.8) is 0 Å². The van der Waals surface area contributed by atoms with E-state index in [1.165, 1.54) is 0 Å². The fraction of sp³-hybridized carbons (Fsp3) is 0.500. The zero-order chi connectivity index (χ0) is 15.9. The van der Waals surface area contributed by atoms with Gasteiger partial charge in [-0.15, -0.1) is 0 Å². The van der Waals surface area contributed by atoms with Crippen molar-refractivity contribution in [3.05, 3.63) is 24.3 Å². The van der Waals surface area contributed by atoms with E-state index in [1.807, 2.05) is 24.3 Å². The number of nitrogens with zero attached hydrogens (tertiary/aromatic N) is 1. The first-order chi connectivity index (χ1) is 10.6. The lowest BCUT2D eigenvalue weighted by Crippen LogP contribution is -2.40. The molecule has 1 aromatic carbocycles. The van der Waals surface area contributed by atoms with Gasteiger partial charge >= 0.3 is 6.03 Å². The molecule has 1 fully saturated rings. The predicted molar refractivity (Wildman–Crippen MR) is 88.2 cm³/mol. The van der Waals surface area contributed by atoms with Gasteiger partial charge in [-0.3, -0.25) is 4.79 Å². The van der Waals surface area contributed by atoms with Gasteiger partial charge in [0.1, 0.15) is 0 Å². The van der Waals surface area contributed by atoms with Gasteiger partial charge in [-0.2, -0.15) is 0 Å². The Morgan fingerprint density at radius 1 is 1.14 bits per heavy atom. The second kappa shape index (κ2) is 7.68. The van der Waals surface area contributed by atoms with E-state index in [4.69, 9.17) is 0 Å². The molecular formula is C16H24N4O2. The highest BCUT2D eigenvalue weighted by atomic mass is 16.2. The van der Waals surface area contributed by atoms with Crippen LogP contribution in [0.3, 0.4) is 0 Å². The normalized spacial score (nSPS) is 13.4. The van der Waals surface area contributed by atoms with Crippen molar-refractivity contribution in [2.24, 2.45) is 0 Å². The van der Waals surface area contributed by atoms with E-state index in [0.29, 0.717) is 0 Å². The van der Waals surface area contributed by atoms with E-state index in [-0.39, 0.29) is 24.5 Å². The monoisotopic (exact) mass is 304 g/mol. The molecule has 0 unspecified atom stereocenters. The topological polar surface area (TPSA) is 73.5 Å². The van der Waals surface area contributed by atoms with Crippen molar-refractivity contribution < 1.29 is 9.59 Å². The van der Waals surface area contributed by atoms with Crippen LogP contribution < -0.4 is 20.9 Å². The number of hydrogen-bond acceptors (Lipinski definition) is 3. The van der Waals surface area contributed by atoms with Crippen molar-refractivity contribution in [1.82, 2.24) is 10.6 Å². The fourth-order valence-corrected chi connectivity index (χ4v) is 2.17. The van der Waals surface area contributed by atoms with Gasteiger partial charge in [-0.05, 0) is 51.0 Å². The van der Waals surface area contributed by atoms with Gasteiger partial charge in [0.15, 0.2) is 0 Å². The van der Waals surface area contributed by atoms with Gasteiger partial charge < -0.3 is 20.9 Å². The highest BCUT2D eigenvalue weighted by Gasteiger charge is 2.23. The quantitative estimate of drug-likeness (QED) is 0.720. The molecule has 0 heterocycles. The van der Waals surface area contributed by atoms with E-state index in [1.54, 1.807) is 0 Å². The zero-order valence-electron chi connectivity index (χ0n) is 13.2. The maximum absolute atomic E-state index is 11.8. The van der Waals surface area contributed by atoms with Gasteiger partial charge in [0.05, 0.1) is 6.54 Å². The third kappa shape index (κ3) is 4.95. The zero-order valence-corrected chi connectivity index (χ0v) is 13.2. The molecule has 0 atom stereocenters. The van der Waals surface area contributed by atoms with Crippen LogP contribution in [0.1, 0.15) is 26.7 Å². The molecule has 0 aromatic heterocycles. The van der Waals surface area contributed by atoms with Crippen LogP contribution in [-0.2, 0) is 4.79 Å². The van der Waals surface area contributed by atoms with Gasteiger partial charge in [0.2, 0.25) is 5.91 Å². The van der Waals surface area contributed by atoms with E-state index in [2.05, 4.69) is 34.7 Å². The largest absolute Gasteiger partial charge is 0.372 e. The Kier molecular flexibility index (Phi) is 5.63. The summed E-state index contributed by atoms with van der Waals surface area (Å²) >= 11 is 0. The molecule has 2 rings (SSSR count). The predicted octanol–water partition coefficient (Wildman–Crippen LogP) is 1.93. The minimum atomic E-state index is -0.283. The first kappa shape index (κ1) is 16.1. The standard InChI is InChI=1S/C16H24N4O2/c1-3-20(4-2)14-9-7-12(8-10-14)18-15(21)11-17-16(22)19-13-5-6-13/h7-10,13H,3-6,11H2,1-2H3,(H,18,21)(H2,17,19,22). The van der Waals surface area contributed by atoms with Crippen molar-refractivity contribution in [3.8, 4) is 0 Å². The van der Waals surface area contributed by atoms with Crippen molar-refractivity contribution in [2.45, 2.75) is 32.7 Å². The number of anilines is 2. The summed E-state index contributed by atoms with van der Waals surface area (Å²) in [5.74, 6) is -0.235. The lowest BCUT2D eigenvalue weighted by Gasteiger charge is -2.21. The summed E-state index contributed by atoms with van der Waals surface area (Å²) in [6.45, 7) is 6.08. The number of carbonyl (C=O) groups is 2. The average Bonchev–Trinajstić information content (AvgIpc) is 3.32. The highest BCUT2D eigenvalue weighted by Crippen LogP contribution is 2.18. The molecule has 1 saturated carbocycles. The van der Waals surface area contributed by atoms with Gasteiger partial charge in [0.25, 0.3) is 0 Å². The first-order valence-electron chi connectivity index (χ1n) is 7.81. The minimum absolute atomic E-state index is 0.0314. The van der Waals surface area contributed by atoms with Crippen LogP contribution in [0, 0.1) is 0 Å². The first-order valence-corrected chi connectivity index (χ1v) is 7.81. The van der Waals surface area contributed by atoms with Crippen LogP contribution in [0.2, 0.25) is 0 Å². The summed E-state index contributed by atoms with van der Waals surface area (Å²) in [7, 11) is 0. The Bertz CT molecular complexity index is 507. The number of hydrogen-bond donors (Lipinski definition) is 3. The SMILES string of the molecule is CCN(CC)c1ccc(NC(=O)CNC(=O)NC2CC2)cc1. The number of carbonyl (C=O) groups excluding carboxylic acids is 2. The van der Waals surface area contributed by atoms with Crippen LogP contribution in [0.25, 0.3) is 0 Å². The maximum Gasteiger partial charge on any atom is 0.315 e. The molecule has 0 spiro atoms. The number of rotatable bonds is 7. The molecule has 0 radical (unpaired) electrons. The summed E-state index contributed by atoms with van der Waals surface area (Å²) < 4.78 is 0. The van der Waals surface area contributed by atoms with Crippen molar-refractivity contribution in [1.29, 1.82) is 0 Å². The van der Waals surface area contributed by atoms with Crippen LogP contribution in [-0.4, -0.2) is 37.6 Å². The second-order valence-corrected chi connectivity index (χ2v) is 5.37. The minimum Gasteiger partial charge on any atom is -0.372 e. The van der Waals surface area contributed by atoms with Crippen LogP contribution in [0.5, 0.6) is 0 Å². The summed E-state index contributed by atoms with van der Waals surface area (Å²) in [6.07, 6.45) is 2.05. The highest BCUT2D eigenvalue weighted by molar-refractivity contribution is 5.94. The van der Waals surface area contributed by atoms with Crippen molar-refractivity contribution in [2.75, 3.05) is 29.9 Å². The number of amides is 3. The average molecular weight is 304 g/mol. The second-order valence-electron chi connectivity index (χ2n) is 5.37. The number of benzene rings is 1. The fourth-order valence-electron chi connectivity index (χ4n) is 2.17. The number of nitrogens with one attached hydrogen (secondary N) is 3. The van der Waals surface area contributed by atoms with Crippen molar-refractivity contribution >= 4 is 23.3 Å². The van der Waals surface area contributed by atoms with E-state index in [0.717, 1.165) is 37.3 Å². The molecular weight excluding hydrogens is 280 g/mol. The van der Waals surface area contributed by atoms with E-state index in [9.17, 15) is 9.59 Å². The molecule has 6 heteroatoms. The van der Waals surface area contributed by atoms with Gasteiger partial charge in [-0.25, -0.2) is 4.79 Å². The van der Waals surface area contributed by atoms with E-state index < -0.39 is 0 Å². The number of urea groups is 1. The lowest BCUT2D eigenvalue weighted by atomic mass is 10.2. The van der Waals surface area contributed by atoms with Gasteiger partial charge in [-0.1, -0.05) is 0 Å². The Hall–Kier alpha value is -2.24. The molecule has 1 aliphatic rings. The molecule has 1 aromatic rings. The smallest absolute Gasteiger partial charge is 0.315 e. The molecule has 1 aliphatic carbocycles. The van der Waals surface area contributed by atoms with Crippen LogP contribution in [0.4, 0.5) is 16.2 Å². The molecule has 3 N–H and O–H groups in total. The van der Waals surface area contributed by atoms with Crippen LogP contribution >= 0.6 is 0 Å². The molecule has 120 valence electrons. The third-order valence-corrected chi connectivity index (χ3v) is 3.60. The summed E-state index contributed by atoms with van der Waals surface area (Å²) in [5.41, 5.74) is 1.86. The molecule has 0 aliphatic heterocycles. The summed E-state index contributed by atoms with van der Waals surface area (Å²) in [5, 5.41) is 8.09. The molecule has 22 heavy (non-hydrogen) atoms. The molecule has 3 amide bonds. The molecule has 0 saturated heterocycles. The summed E-state index contributed by atoms with van der Waals surface area (Å²) in [6, 6.07) is 7.71.